The van der Waals surface area contributed by atoms with Crippen LogP contribution in [0.25, 0.3) is 94.8 Å². The van der Waals surface area contributed by atoms with Crippen molar-refractivity contribution in [3.8, 4) is 45.3 Å². The Morgan fingerprint density at radius 3 is 1.88 bits per heavy atom. The van der Waals surface area contributed by atoms with Crippen LogP contribution in [-0.2, 0) is 6.42 Å². The minimum Gasteiger partial charge on any atom is -0.456 e. The summed E-state index contributed by atoms with van der Waals surface area (Å²) < 4.78 is 6.45. The van der Waals surface area contributed by atoms with Crippen molar-refractivity contribution < 1.29 is 4.42 Å². The van der Waals surface area contributed by atoms with E-state index in [4.69, 9.17) is 19.4 Å². The van der Waals surface area contributed by atoms with Gasteiger partial charge in [0.1, 0.15) is 11.2 Å². The molecule has 0 fully saturated rings. The number of hydrogen-bond acceptors (Lipinski definition) is 4. The largest absolute Gasteiger partial charge is 0.456 e. The van der Waals surface area contributed by atoms with Crippen molar-refractivity contribution in [1.29, 1.82) is 0 Å². The smallest absolute Gasteiger partial charge is 0.165 e. The van der Waals surface area contributed by atoms with Gasteiger partial charge >= 0.3 is 0 Å². The highest BCUT2D eigenvalue weighted by molar-refractivity contribution is 6.17. The molecule has 0 N–H and O–H groups in total. The lowest BCUT2D eigenvalue weighted by molar-refractivity contribution is 0.669. The Bertz CT molecular complexity index is 2700. The third-order valence-corrected chi connectivity index (χ3v) is 9.80. The van der Waals surface area contributed by atoms with Crippen LogP contribution < -0.4 is 0 Å². The van der Waals surface area contributed by atoms with E-state index in [2.05, 4.69) is 78.9 Å². The van der Waals surface area contributed by atoms with Crippen molar-refractivity contribution in [2.24, 2.45) is 0 Å². The molecule has 9 aromatic rings. The first-order chi connectivity index (χ1) is 24.3. The van der Waals surface area contributed by atoms with Gasteiger partial charge < -0.3 is 4.42 Å². The third kappa shape index (κ3) is 4.49. The maximum absolute atomic E-state index is 6.45. The molecule has 1 aliphatic carbocycles. The molecule has 49 heavy (non-hydrogen) atoms. The SMILES string of the molecule is C1=Cc2c(c3ccccc3c3cc(-c4ccc5oc6ccccc6c5c4-c4nc(-c5ccccc5)nc(-c5ccccc5)n4)ccc23)CC1. The second-order valence-corrected chi connectivity index (χ2v) is 12.6. The van der Waals surface area contributed by atoms with Crippen molar-refractivity contribution >= 4 is 49.6 Å². The van der Waals surface area contributed by atoms with E-state index in [1.165, 1.54) is 32.7 Å². The lowest BCUT2D eigenvalue weighted by atomic mass is 9.85. The molecule has 4 heteroatoms. The molecule has 10 rings (SSSR count). The summed E-state index contributed by atoms with van der Waals surface area (Å²) in [7, 11) is 0. The van der Waals surface area contributed by atoms with E-state index in [0.717, 1.165) is 62.6 Å². The predicted molar refractivity (Wildman–Crippen MR) is 201 cm³/mol. The Hall–Kier alpha value is -6.39. The van der Waals surface area contributed by atoms with Gasteiger partial charge in [0, 0.05) is 27.5 Å². The fourth-order valence-corrected chi connectivity index (χ4v) is 7.56. The summed E-state index contributed by atoms with van der Waals surface area (Å²) >= 11 is 0. The lowest BCUT2D eigenvalue weighted by Crippen LogP contribution is -2.01. The van der Waals surface area contributed by atoms with Crippen LogP contribution >= 0.6 is 0 Å². The number of benzene rings is 7. The van der Waals surface area contributed by atoms with E-state index in [9.17, 15) is 0 Å². The highest BCUT2D eigenvalue weighted by Gasteiger charge is 2.23. The van der Waals surface area contributed by atoms with Gasteiger partial charge in [-0.15, -0.1) is 0 Å². The minimum atomic E-state index is 0.609. The zero-order valence-corrected chi connectivity index (χ0v) is 26.6. The van der Waals surface area contributed by atoms with Crippen LogP contribution in [0.15, 0.2) is 150 Å². The molecule has 230 valence electrons. The van der Waals surface area contributed by atoms with Crippen molar-refractivity contribution in [1.82, 2.24) is 15.0 Å². The standard InChI is InChI=1S/C45H29N3O/c1-3-13-28(14-4-1)43-46-44(29-15-5-2-6-16-29)48-45(47-43)42-31(25-26-40-41(42)37-21-11-12-22-39(37)49-40)30-23-24-36-34-19-8-7-17-32(34)33-18-9-10-20-35(33)38(36)27-30/h1-6,8-16,18-27H,7,17H2. The average Bonchev–Trinajstić information content (AvgIpc) is 3.57. The van der Waals surface area contributed by atoms with Gasteiger partial charge in [-0.25, -0.2) is 15.0 Å². The molecule has 0 spiro atoms. The monoisotopic (exact) mass is 627 g/mol. The summed E-state index contributed by atoms with van der Waals surface area (Å²) in [5, 5.41) is 7.16. The van der Waals surface area contributed by atoms with Crippen molar-refractivity contribution in [3.63, 3.8) is 0 Å². The van der Waals surface area contributed by atoms with Crippen LogP contribution in [0.2, 0.25) is 0 Å². The first-order valence-electron chi connectivity index (χ1n) is 16.8. The van der Waals surface area contributed by atoms with Gasteiger partial charge in [0.2, 0.25) is 0 Å². The molecule has 0 saturated carbocycles. The zero-order chi connectivity index (χ0) is 32.3. The molecule has 2 heterocycles. The van der Waals surface area contributed by atoms with E-state index >= 15 is 0 Å². The molecule has 0 bridgehead atoms. The minimum absolute atomic E-state index is 0.609. The number of nitrogens with zero attached hydrogens (tertiary/aromatic N) is 3. The average molecular weight is 628 g/mol. The fraction of sp³-hybridized carbons (Fsp3) is 0.0444. The summed E-state index contributed by atoms with van der Waals surface area (Å²) in [5.74, 6) is 1.87. The topological polar surface area (TPSA) is 51.8 Å². The number of hydrogen-bond donors (Lipinski definition) is 0. The lowest BCUT2D eigenvalue weighted by Gasteiger charge is -2.19. The van der Waals surface area contributed by atoms with Gasteiger partial charge in [-0.1, -0.05) is 127 Å². The first kappa shape index (κ1) is 27.7. The Labute approximate surface area is 283 Å². The Kier molecular flexibility index (Phi) is 6.28. The van der Waals surface area contributed by atoms with Crippen LogP contribution in [0.3, 0.4) is 0 Å². The molecule has 4 nitrogen and oxygen atoms in total. The van der Waals surface area contributed by atoms with Crippen molar-refractivity contribution in [2.45, 2.75) is 12.8 Å². The van der Waals surface area contributed by atoms with E-state index in [0.29, 0.717) is 17.5 Å². The second-order valence-electron chi connectivity index (χ2n) is 12.6. The molecule has 7 aromatic carbocycles. The molecule has 0 atom stereocenters. The first-order valence-corrected chi connectivity index (χ1v) is 16.8. The fourth-order valence-electron chi connectivity index (χ4n) is 7.56. The number of furan rings is 1. The van der Waals surface area contributed by atoms with Gasteiger partial charge in [-0.2, -0.15) is 0 Å². The summed E-state index contributed by atoms with van der Waals surface area (Å²) in [6, 6.07) is 48.5. The van der Waals surface area contributed by atoms with E-state index < -0.39 is 0 Å². The molecule has 0 aliphatic heterocycles. The van der Waals surface area contributed by atoms with Gasteiger partial charge in [-0.05, 0) is 80.9 Å². The number of rotatable bonds is 4. The van der Waals surface area contributed by atoms with Crippen LogP contribution in [0.4, 0.5) is 0 Å². The predicted octanol–water partition coefficient (Wildman–Crippen LogP) is 11.7. The van der Waals surface area contributed by atoms with Gasteiger partial charge in [0.05, 0.1) is 0 Å². The molecule has 2 aromatic heterocycles. The van der Waals surface area contributed by atoms with Gasteiger partial charge in [0.15, 0.2) is 17.5 Å². The molecule has 0 saturated heterocycles. The molecular weight excluding hydrogens is 599 g/mol. The van der Waals surface area contributed by atoms with Crippen molar-refractivity contribution in [3.05, 3.63) is 157 Å². The van der Waals surface area contributed by atoms with E-state index in [1.807, 2.05) is 72.8 Å². The number of aromatic nitrogens is 3. The van der Waals surface area contributed by atoms with E-state index in [1.54, 1.807) is 0 Å². The molecule has 1 aliphatic rings. The third-order valence-electron chi connectivity index (χ3n) is 9.80. The van der Waals surface area contributed by atoms with Crippen LogP contribution in [0, 0.1) is 0 Å². The van der Waals surface area contributed by atoms with Gasteiger partial charge in [0.25, 0.3) is 0 Å². The highest BCUT2D eigenvalue weighted by Crippen LogP contribution is 2.44. The molecule has 0 unspecified atom stereocenters. The molecule has 0 radical (unpaired) electrons. The summed E-state index contributed by atoms with van der Waals surface area (Å²) in [4.78, 5) is 15.4. The van der Waals surface area contributed by atoms with Crippen LogP contribution in [0.1, 0.15) is 17.5 Å². The normalized spacial score (nSPS) is 12.7. The van der Waals surface area contributed by atoms with E-state index in [-0.39, 0.29) is 0 Å². The van der Waals surface area contributed by atoms with Crippen LogP contribution in [0.5, 0.6) is 0 Å². The maximum atomic E-state index is 6.45. The van der Waals surface area contributed by atoms with Crippen molar-refractivity contribution in [2.75, 3.05) is 0 Å². The highest BCUT2D eigenvalue weighted by atomic mass is 16.3. The summed E-state index contributed by atoms with van der Waals surface area (Å²) in [6.07, 6.45) is 6.75. The maximum Gasteiger partial charge on any atom is 0.165 e. The number of fused-ring (bicyclic) bond motifs is 9. The number of allylic oxidation sites excluding steroid dienone is 1. The summed E-state index contributed by atoms with van der Waals surface area (Å²) in [5.41, 5.74) is 9.35. The van der Waals surface area contributed by atoms with Crippen LogP contribution in [-0.4, -0.2) is 15.0 Å². The number of para-hydroxylation sites is 1. The molecule has 0 amide bonds. The zero-order valence-electron chi connectivity index (χ0n) is 26.6. The Morgan fingerprint density at radius 1 is 0.469 bits per heavy atom. The molecular formula is C45H29N3O. The second kappa shape index (κ2) is 11.1. The number of aryl methyl sites for hydroxylation is 1. The Balaban J connectivity index is 1.31. The summed E-state index contributed by atoms with van der Waals surface area (Å²) in [6.45, 7) is 0. The van der Waals surface area contributed by atoms with Gasteiger partial charge in [-0.3, -0.25) is 0 Å². The quantitative estimate of drug-likeness (QED) is 0.182. The Morgan fingerprint density at radius 2 is 1.12 bits per heavy atom.